The molecule has 0 saturated heterocycles. The maximum absolute atomic E-state index is 12.6. The zero-order valence-corrected chi connectivity index (χ0v) is 8.99. The molecule has 0 spiro atoms. The van der Waals surface area contributed by atoms with Gasteiger partial charge in [-0.05, 0) is 12.5 Å². The van der Waals surface area contributed by atoms with Gasteiger partial charge in [-0.25, -0.2) is 4.79 Å². The molecule has 0 aliphatic rings. The predicted molar refractivity (Wildman–Crippen MR) is 53.6 cm³/mol. The average Bonchev–Trinajstić information content (AvgIpc) is 2.18. The zero-order valence-electron chi connectivity index (χ0n) is 8.99. The molecule has 3 nitrogen and oxygen atoms in total. The van der Waals surface area contributed by atoms with Crippen LogP contribution in [0.2, 0.25) is 0 Å². The van der Waals surface area contributed by atoms with Crippen molar-refractivity contribution in [3.63, 3.8) is 0 Å². The number of aliphatic carboxylic acids is 1. The van der Waals surface area contributed by atoms with E-state index < -0.39 is 24.9 Å². The van der Waals surface area contributed by atoms with Crippen LogP contribution in [-0.4, -0.2) is 23.9 Å². The van der Waals surface area contributed by atoms with Gasteiger partial charge in [0.1, 0.15) is 6.61 Å². The number of hydrogen-bond acceptors (Lipinski definition) is 2. The molecule has 0 saturated carbocycles. The molecule has 6 heteroatoms. The molecule has 0 unspecified atom stereocenters. The summed E-state index contributed by atoms with van der Waals surface area (Å²) >= 11 is 0. The average molecular weight is 248 g/mol. The molecule has 1 atom stereocenters. The number of alkyl halides is 3. The van der Waals surface area contributed by atoms with Crippen LogP contribution < -0.4 is 0 Å². The van der Waals surface area contributed by atoms with Gasteiger partial charge in [0, 0.05) is 0 Å². The first-order chi connectivity index (χ1) is 7.80. The van der Waals surface area contributed by atoms with E-state index in [4.69, 9.17) is 5.11 Å². The minimum atomic E-state index is -4.63. The summed E-state index contributed by atoms with van der Waals surface area (Å²) in [4.78, 5) is 10.2. The summed E-state index contributed by atoms with van der Waals surface area (Å²) in [6.07, 6.45) is -6.84. The quantitative estimate of drug-likeness (QED) is 0.891. The van der Waals surface area contributed by atoms with Gasteiger partial charge in [-0.1, -0.05) is 29.8 Å². The van der Waals surface area contributed by atoms with Gasteiger partial charge in [-0.2, -0.15) is 13.2 Å². The third-order valence-electron chi connectivity index (χ3n) is 2.05. The molecule has 1 rings (SSSR count). The molecule has 1 N–H and O–H groups in total. The van der Waals surface area contributed by atoms with Gasteiger partial charge in [0.05, 0.1) is 0 Å². The number of rotatable bonds is 4. The Balaban J connectivity index is 2.90. The lowest BCUT2D eigenvalue weighted by Crippen LogP contribution is -2.25. The van der Waals surface area contributed by atoms with Gasteiger partial charge in [0.2, 0.25) is 0 Å². The standard InChI is InChI=1S/C11H11F3O3/c1-7-2-4-8(5-3-7)10(11(12,13)14)17-6-9(15)16/h2-5,10H,6H2,1H3,(H,15,16)/t10-/m0/s1. The second-order valence-electron chi connectivity index (χ2n) is 3.54. The third kappa shape index (κ3) is 4.07. The van der Waals surface area contributed by atoms with E-state index in [-0.39, 0.29) is 5.56 Å². The molecule has 0 radical (unpaired) electrons. The highest BCUT2D eigenvalue weighted by Gasteiger charge is 2.42. The van der Waals surface area contributed by atoms with E-state index in [9.17, 15) is 18.0 Å². The Morgan fingerprint density at radius 2 is 1.88 bits per heavy atom. The van der Waals surface area contributed by atoms with Gasteiger partial charge in [0.15, 0.2) is 6.10 Å². The minimum Gasteiger partial charge on any atom is -0.480 e. The summed E-state index contributed by atoms with van der Waals surface area (Å²) in [5.41, 5.74) is 0.706. The van der Waals surface area contributed by atoms with Crippen LogP contribution in [0.15, 0.2) is 24.3 Å². The Labute approximate surface area is 95.8 Å². The summed E-state index contributed by atoms with van der Waals surface area (Å²) in [5.74, 6) is -1.44. The number of ether oxygens (including phenoxy) is 1. The van der Waals surface area contributed by atoms with Gasteiger partial charge in [-0.3, -0.25) is 0 Å². The Hall–Kier alpha value is -1.56. The van der Waals surface area contributed by atoms with Gasteiger partial charge >= 0.3 is 12.1 Å². The van der Waals surface area contributed by atoms with E-state index in [1.807, 2.05) is 0 Å². The summed E-state index contributed by atoms with van der Waals surface area (Å²) in [5, 5.41) is 8.33. The van der Waals surface area contributed by atoms with Crippen molar-refractivity contribution in [2.45, 2.75) is 19.2 Å². The summed E-state index contributed by atoms with van der Waals surface area (Å²) in [7, 11) is 0. The Bertz CT molecular complexity index is 384. The van der Waals surface area contributed by atoms with Crippen molar-refractivity contribution in [1.82, 2.24) is 0 Å². The van der Waals surface area contributed by atoms with Gasteiger partial charge in [0.25, 0.3) is 0 Å². The number of benzene rings is 1. The van der Waals surface area contributed by atoms with Crippen LogP contribution in [0.25, 0.3) is 0 Å². The number of hydrogen-bond donors (Lipinski definition) is 1. The highest BCUT2D eigenvalue weighted by molar-refractivity contribution is 5.68. The third-order valence-corrected chi connectivity index (χ3v) is 2.05. The Morgan fingerprint density at radius 1 is 1.35 bits per heavy atom. The van der Waals surface area contributed by atoms with Crippen LogP contribution in [0.5, 0.6) is 0 Å². The topological polar surface area (TPSA) is 46.5 Å². The minimum absolute atomic E-state index is 0.107. The SMILES string of the molecule is Cc1ccc([C@H](OCC(=O)O)C(F)(F)F)cc1. The first kappa shape index (κ1) is 13.5. The van der Waals surface area contributed by atoms with Crippen LogP contribution >= 0.6 is 0 Å². The van der Waals surface area contributed by atoms with Gasteiger partial charge in [-0.15, -0.1) is 0 Å². The first-order valence-electron chi connectivity index (χ1n) is 4.77. The fraction of sp³-hybridized carbons (Fsp3) is 0.364. The van der Waals surface area contributed by atoms with E-state index in [0.717, 1.165) is 5.56 Å². The van der Waals surface area contributed by atoms with Crippen molar-refractivity contribution < 1.29 is 27.8 Å². The van der Waals surface area contributed by atoms with Crippen molar-refractivity contribution >= 4 is 5.97 Å². The molecular weight excluding hydrogens is 237 g/mol. The van der Waals surface area contributed by atoms with Crippen molar-refractivity contribution in [3.05, 3.63) is 35.4 Å². The van der Waals surface area contributed by atoms with Crippen LogP contribution in [-0.2, 0) is 9.53 Å². The Morgan fingerprint density at radius 3 is 2.29 bits per heavy atom. The van der Waals surface area contributed by atoms with Crippen molar-refractivity contribution in [2.24, 2.45) is 0 Å². The summed E-state index contributed by atoms with van der Waals surface area (Å²) < 4.78 is 42.3. The first-order valence-corrected chi connectivity index (χ1v) is 4.77. The summed E-state index contributed by atoms with van der Waals surface area (Å²) in [6.45, 7) is 0.753. The number of carbonyl (C=O) groups is 1. The second-order valence-corrected chi connectivity index (χ2v) is 3.54. The molecule has 94 valence electrons. The number of carboxylic acids is 1. The van der Waals surface area contributed by atoms with E-state index in [2.05, 4.69) is 4.74 Å². The fourth-order valence-corrected chi connectivity index (χ4v) is 1.28. The zero-order chi connectivity index (χ0) is 13.1. The highest BCUT2D eigenvalue weighted by atomic mass is 19.4. The van der Waals surface area contributed by atoms with Crippen LogP contribution in [0.3, 0.4) is 0 Å². The lowest BCUT2D eigenvalue weighted by Gasteiger charge is -2.20. The molecule has 0 aromatic heterocycles. The highest BCUT2D eigenvalue weighted by Crippen LogP contribution is 2.35. The maximum atomic E-state index is 12.6. The van der Waals surface area contributed by atoms with Crippen LogP contribution in [0.4, 0.5) is 13.2 Å². The number of carboxylic acid groups (broad SMARTS) is 1. The molecule has 0 aliphatic heterocycles. The number of halogens is 3. The van der Waals surface area contributed by atoms with E-state index in [1.165, 1.54) is 24.3 Å². The van der Waals surface area contributed by atoms with E-state index >= 15 is 0 Å². The largest absolute Gasteiger partial charge is 0.480 e. The molecular formula is C11H11F3O3. The lowest BCUT2D eigenvalue weighted by molar-refractivity contribution is -0.225. The normalized spacial score (nSPS) is 13.4. The molecule has 17 heavy (non-hydrogen) atoms. The fourth-order valence-electron chi connectivity index (χ4n) is 1.28. The van der Waals surface area contributed by atoms with Crippen molar-refractivity contribution in [3.8, 4) is 0 Å². The predicted octanol–water partition coefficient (Wildman–Crippen LogP) is 2.70. The smallest absolute Gasteiger partial charge is 0.418 e. The molecule has 1 aromatic carbocycles. The molecule has 0 heterocycles. The van der Waals surface area contributed by atoms with Crippen molar-refractivity contribution in [2.75, 3.05) is 6.61 Å². The monoisotopic (exact) mass is 248 g/mol. The second kappa shape index (κ2) is 5.18. The van der Waals surface area contributed by atoms with Crippen LogP contribution in [0, 0.1) is 6.92 Å². The molecule has 0 aliphatic carbocycles. The van der Waals surface area contributed by atoms with Crippen molar-refractivity contribution in [1.29, 1.82) is 0 Å². The lowest BCUT2D eigenvalue weighted by atomic mass is 10.1. The van der Waals surface area contributed by atoms with E-state index in [0.29, 0.717) is 0 Å². The maximum Gasteiger partial charge on any atom is 0.418 e. The molecule has 0 bridgehead atoms. The van der Waals surface area contributed by atoms with Gasteiger partial charge < -0.3 is 9.84 Å². The Kier molecular flexibility index (Phi) is 4.11. The molecule has 1 aromatic rings. The number of aryl methyl sites for hydroxylation is 1. The molecule has 0 amide bonds. The van der Waals surface area contributed by atoms with E-state index in [1.54, 1.807) is 6.92 Å². The van der Waals surface area contributed by atoms with Crippen LogP contribution in [0.1, 0.15) is 17.2 Å². The molecule has 0 fully saturated rings. The summed E-state index contributed by atoms with van der Waals surface area (Å²) in [6, 6.07) is 5.57.